The Kier molecular flexibility index (Phi) is 2.95. The fraction of sp³-hybridized carbons (Fsp3) is 0.364. The summed E-state index contributed by atoms with van der Waals surface area (Å²) in [5, 5.41) is 8.00. The average Bonchev–Trinajstić information content (AvgIpc) is 2.94. The molecule has 2 aromatic heterocycles. The molecule has 90 valence electrons. The van der Waals surface area contributed by atoms with Gasteiger partial charge in [-0.15, -0.1) is 0 Å². The highest BCUT2D eigenvalue weighted by Gasteiger charge is 2.22. The van der Waals surface area contributed by atoms with Crippen molar-refractivity contribution in [2.24, 2.45) is 0 Å². The molecule has 2 aromatic rings. The van der Waals surface area contributed by atoms with Crippen LogP contribution in [0.1, 0.15) is 23.0 Å². The number of aryl methyl sites for hydroxylation is 2. The smallest absolute Gasteiger partial charge is 0.343 e. The third kappa shape index (κ3) is 1.93. The number of ether oxygens (including phenoxy) is 1. The van der Waals surface area contributed by atoms with E-state index in [-0.39, 0.29) is 0 Å². The van der Waals surface area contributed by atoms with E-state index in [0.29, 0.717) is 17.0 Å². The zero-order chi connectivity index (χ0) is 12.4. The molecule has 0 radical (unpaired) electrons. The van der Waals surface area contributed by atoms with Gasteiger partial charge in [0.05, 0.1) is 13.3 Å². The predicted molar refractivity (Wildman–Crippen MR) is 59.5 cm³/mol. The molecule has 0 aromatic carbocycles. The van der Waals surface area contributed by atoms with Gasteiger partial charge in [-0.1, -0.05) is 5.16 Å². The van der Waals surface area contributed by atoms with Gasteiger partial charge in [-0.05, 0) is 13.8 Å². The third-order valence-corrected chi connectivity index (χ3v) is 2.48. The standard InChI is InChI=1S/C11H13N3O3/c1-4-14-6-8(5-12-14)10-9(11(15)16-3)7(2)17-13-10/h5-6H,4H2,1-3H3. The van der Waals surface area contributed by atoms with Crippen molar-refractivity contribution in [2.45, 2.75) is 20.4 Å². The summed E-state index contributed by atoms with van der Waals surface area (Å²) in [5.74, 6) is -0.0147. The first-order valence-corrected chi connectivity index (χ1v) is 5.24. The van der Waals surface area contributed by atoms with Crippen LogP contribution in [0.5, 0.6) is 0 Å². The molecule has 0 fully saturated rings. The van der Waals surface area contributed by atoms with Crippen LogP contribution in [0.15, 0.2) is 16.9 Å². The molecule has 17 heavy (non-hydrogen) atoms. The molecule has 2 rings (SSSR count). The molecule has 0 spiro atoms. The average molecular weight is 235 g/mol. The second-order valence-corrected chi connectivity index (χ2v) is 3.54. The fourth-order valence-electron chi connectivity index (χ4n) is 1.57. The van der Waals surface area contributed by atoms with Crippen molar-refractivity contribution >= 4 is 5.97 Å². The minimum Gasteiger partial charge on any atom is -0.465 e. The molecule has 0 saturated carbocycles. The highest BCUT2D eigenvalue weighted by Crippen LogP contribution is 2.25. The molecule has 6 heteroatoms. The third-order valence-electron chi connectivity index (χ3n) is 2.48. The molecule has 0 bridgehead atoms. The first-order valence-electron chi connectivity index (χ1n) is 5.24. The van der Waals surface area contributed by atoms with Crippen LogP contribution in [0, 0.1) is 6.92 Å². The predicted octanol–water partition coefficient (Wildman–Crippen LogP) is 1.65. The molecule has 0 aliphatic heterocycles. The first kappa shape index (κ1) is 11.4. The summed E-state index contributed by atoms with van der Waals surface area (Å²) in [6.45, 7) is 4.41. The highest BCUT2D eigenvalue weighted by atomic mass is 16.5. The van der Waals surface area contributed by atoms with E-state index < -0.39 is 5.97 Å². The van der Waals surface area contributed by atoms with Crippen LogP contribution in [-0.4, -0.2) is 28.0 Å². The number of methoxy groups -OCH3 is 1. The Balaban J connectivity index is 2.48. The van der Waals surface area contributed by atoms with E-state index in [1.165, 1.54) is 7.11 Å². The molecule has 2 heterocycles. The van der Waals surface area contributed by atoms with Gasteiger partial charge in [-0.25, -0.2) is 4.79 Å². The van der Waals surface area contributed by atoms with Crippen molar-refractivity contribution in [3.63, 3.8) is 0 Å². The number of nitrogens with zero attached hydrogens (tertiary/aromatic N) is 3. The maximum Gasteiger partial charge on any atom is 0.343 e. The fourth-order valence-corrected chi connectivity index (χ4v) is 1.57. The molecule has 0 N–H and O–H groups in total. The van der Waals surface area contributed by atoms with Gasteiger partial charge in [-0.2, -0.15) is 5.10 Å². The molecule has 0 amide bonds. The summed E-state index contributed by atoms with van der Waals surface area (Å²) < 4.78 is 11.5. The van der Waals surface area contributed by atoms with Gasteiger partial charge in [0.1, 0.15) is 17.0 Å². The molecular formula is C11H13N3O3. The lowest BCUT2D eigenvalue weighted by atomic mass is 10.1. The van der Waals surface area contributed by atoms with Crippen molar-refractivity contribution in [3.05, 3.63) is 23.7 Å². The highest BCUT2D eigenvalue weighted by molar-refractivity contribution is 5.96. The SMILES string of the molecule is CCn1cc(-c2noc(C)c2C(=O)OC)cn1. The summed E-state index contributed by atoms with van der Waals surface area (Å²) in [6, 6.07) is 0. The quantitative estimate of drug-likeness (QED) is 0.756. The van der Waals surface area contributed by atoms with E-state index in [0.717, 1.165) is 12.1 Å². The lowest BCUT2D eigenvalue weighted by Crippen LogP contribution is -2.03. The van der Waals surface area contributed by atoms with Crippen LogP contribution in [0.3, 0.4) is 0 Å². The molecule has 6 nitrogen and oxygen atoms in total. The number of carbonyl (C=O) groups excluding carboxylic acids is 1. The summed E-state index contributed by atoms with van der Waals surface area (Å²) in [5.41, 5.74) is 1.56. The number of hydrogen-bond donors (Lipinski definition) is 0. The van der Waals surface area contributed by atoms with Crippen LogP contribution >= 0.6 is 0 Å². The summed E-state index contributed by atoms with van der Waals surface area (Å²) in [6.07, 6.45) is 3.46. The van der Waals surface area contributed by atoms with Crippen molar-refractivity contribution in [3.8, 4) is 11.3 Å². The van der Waals surface area contributed by atoms with E-state index in [2.05, 4.69) is 10.3 Å². The molecule has 0 atom stereocenters. The summed E-state index contributed by atoms with van der Waals surface area (Å²) >= 11 is 0. The Morgan fingerprint density at radius 3 is 2.94 bits per heavy atom. The molecular weight excluding hydrogens is 222 g/mol. The molecule has 0 aliphatic carbocycles. The van der Waals surface area contributed by atoms with Gasteiger partial charge in [0.2, 0.25) is 0 Å². The van der Waals surface area contributed by atoms with E-state index in [1.807, 2.05) is 13.1 Å². The van der Waals surface area contributed by atoms with Crippen LogP contribution in [-0.2, 0) is 11.3 Å². The van der Waals surface area contributed by atoms with E-state index >= 15 is 0 Å². The Morgan fingerprint density at radius 1 is 1.59 bits per heavy atom. The van der Waals surface area contributed by atoms with Gasteiger partial charge in [-0.3, -0.25) is 4.68 Å². The lowest BCUT2D eigenvalue weighted by Gasteiger charge is -1.97. The molecule has 0 unspecified atom stereocenters. The number of esters is 1. The zero-order valence-electron chi connectivity index (χ0n) is 9.93. The zero-order valence-corrected chi connectivity index (χ0v) is 9.93. The second-order valence-electron chi connectivity index (χ2n) is 3.54. The largest absolute Gasteiger partial charge is 0.465 e. The maximum atomic E-state index is 11.6. The Labute approximate surface area is 98.2 Å². The van der Waals surface area contributed by atoms with Crippen LogP contribution < -0.4 is 0 Å². The van der Waals surface area contributed by atoms with Crippen LogP contribution in [0.4, 0.5) is 0 Å². The molecule has 0 aliphatic rings. The Bertz CT molecular complexity index is 542. The van der Waals surface area contributed by atoms with Crippen molar-refractivity contribution in [1.82, 2.24) is 14.9 Å². The van der Waals surface area contributed by atoms with Gasteiger partial charge in [0, 0.05) is 18.3 Å². The topological polar surface area (TPSA) is 70.2 Å². The second kappa shape index (κ2) is 4.40. The minimum atomic E-state index is -0.456. The van der Waals surface area contributed by atoms with Gasteiger partial charge >= 0.3 is 5.97 Å². The van der Waals surface area contributed by atoms with E-state index in [4.69, 9.17) is 9.26 Å². The van der Waals surface area contributed by atoms with Gasteiger partial charge in [0.25, 0.3) is 0 Å². The number of hydrogen-bond acceptors (Lipinski definition) is 5. The summed E-state index contributed by atoms with van der Waals surface area (Å²) in [4.78, 5) is 11.6. The molecule has 0 saturated heterocycles. The van der Waals surface area contributed by atoms with Crippen LogP contribution in [0.25, 0.3) is 11.3 Å². The lowest BCUT2D eigenvalue weighted by molar-refractivity contribution is 0.0599. The maximum absolute atomic E-state index is 11.6. The van der Waals surface area contributed by atoms with Crippen molar-refractivity contribution < 1.29 is 14.1 Å². The van der Waals surface area contributed by atoms with Crippen molar-refractivity contribution in [1.29, 1.82) is 0 Å². The number of rotatable bonds is 3. The normalized spacial score (nSPS) is 10.5. The van der Waals surface area contributed by atoms with Gasteiger partial charge in [0.15, 0.2) is 0 Å². The Morgan fingerprint density at radius 2 is 2.35 bits per heavy atom. The van der Waals surface area contributed by atoms with E-state index in [9.17, 15) is 4.79 Å². The van der Waals surface area contributed by atoms with Gasteiger partial charge < -0.3 is 9.26 Å². The summed E-state index contributed by atoms with van der Waals surface area (Å²) in [7, 11) is 1.33. The monoisotopic (exact) mass is 235 g/mol. The van der Waals surface area contributed by atoms with E-state index in [1.54, 1.807) is 17.8 Å². The Hall–Kier alpha value is -2.11. The minimum absolute atomic E-state index is 0.350. The first-order chi connectivity index (χ1) is 8.17. The number of aromatic nitrogens is 3. The number of carbonyl (C=O) groups is 1. The van der Waals surface area contributed by atoms with Crippen molar-refractivity contribution in [2.75, 3.05) is 7.11 Å². The van der Waals surface area contributed by atoms with Crippen LogP contribution in [0.2, 0.25) is 0 Å².